The molecule has 0 aliphatic carbocycles. The van der Waals surface area contributed by atoms with Gasteiger partial charge in [-0.1, -0.05) is 5.57 Å². The van der Waals surface area contributed by atoms with E-state index < -0.39 is 0 Å². The van der Waals surface area contributed by atoms with Crippen LogP contribution in [-0.2, 0) is 4.74 Å². The van der Waals surface area contributed by atoms with E-state index in [1.54, 1.807) is 18.9 Å². The van der Waals surface area contributed by atoms with E-state index in [0.717, 1.165) is 25.0 Å². The van der Waals surface area contributed by atoms with Crippen LogP contribution in [0.4, 0.5) is 4.79 Å². The SMILES string of the molecule is C=C(C)CCCN(C)C(=O)OCC. The normalized spacial score (nSPS) is 9.46. The first kappa shape index (κ1) is 12.0. The lowest BCUT2D eigenvalue weighted by atomic mass is 10.2. The Bertz CT molecular complexity index is 178. The fourth-order valence-corrected chi connectivity index (χ4v) is 0.943. The molecule has 0 bridgehead atoms. The van der Waals surface area contributed by atoms with E-state index in [1.807, 2.05) is 6.92 Å². The van der Waals surface area contributed by atoms with Crippen molar-refractivity contribution in [2.24, 2.45) is 0 Å². The lowest BCUT2D eigenvalue weighted by Crippen LogP contribution is -2.28. The smallest absolute Gasteiger partial charge is 0.409 e. The van der Waals surface area contributed by atoms with Crippen LogP contribution in [0.15, 0.2) is 12.2 Å². The van der Waals surface area contributed by atoms with Gasteiger partial charge in [-0.25, -0.2) is 4.79 Å². The van der Waals surface area contributed by atoms with Crippen molar-refractivity contribution in [1.29, 1.82) is 0 Å². The number of rotatable bonds is 5. The Balaban J connectivity index is 3.55. The average Bonchev–Trinajstić information content (AvgIpc) is 2.04. The largest absolute Gasteiger partial charge is 0.450 e. The van der Waals surface area contributed by atoms with Crippen molar-refractivity contribution in [3.63, 3.8) is 0 Å². The Kier molecular flexibility index (Phi) is 6.02. The Morgan fingerprint density at radius 2 is 2.15 bits per heavy atom. The van der Waals surface area contributed by atoms with Crippen LogP contribution in [-0.4, -0.2) is 31.2 Å². The number of ether oxygens (including phenoxy) is 1. The molecule has 0 aliphatic heterocycles. The summed E-state index contributed by atoms with van der Waals surface area (Å²) < 4.78 is 4.83. The van der Waals surface area contributed by atoms with E-state index in [4.69, 9.17) is 4.74 Å². The maximum atomic E-state index is 11.1. The van der Waals surface area contributed by atoms with Gasteiger partial charge in [-0.2, -0.15) is 0 Å². The molecule has 0 rings (SSSR count). The monoisotopic (exact) mass is 185 g/mol. The molecule has 0 aromatic heterocycles. The molecule has 0 N–H and O–H groups in total. The zero-order valence-electron chi connectivity index (χ0n) is 8.80. The van der Waals surface area contributed by atoms with E-state index >= 15 is 0 Å². The first-order valence-electron chi connectivity index (χ1n) is 4.60. The topological polar surface area (TPSA) is 29.5 Å². The molecule has 0 unspecified atom stereocenters. The van der Waals surface area contributed by atoms with Gasteiger partial charge in [0.25, 0.3) is 0 Å². The molecule has 0 aliphatic rings. The highest BCUT2D eigenvalue weighted by molar-refractivity contribution is 5.67. The molecule has 0 aromatic rings. The molecule has 1 amide bonds. The van der Waals surface area contributed by atoms with Gasteiger partial charge in [-0.15, -0.1) is 6.58 Å². The Labute approximate surface area is 80.4 Å². The van der Waals surface area contributed by atoms with E-state index in [0.29, 0.717) is 6.61 Å². The Morgan fingerprint density at radius 3 is 2.62 bits per heavy atom. The van der Waals surface area contributed by atoms with E-state index in [9.17, 15) is 4.79 Å². The van der Waals surface area contributed by atoms with Crippen LogP contribution >= 0.6 is 0 Å². The fraction of sp³-hybridized carbons (Fsp3) is 0.700. The van der Waals surface area contributed by atoms with E-state index in [-0.39, 0.29) is 6.09 Å². The molecular formula is C10H19NO2. The molecule has 3 heteroatoms. The molecular weight excluding hydrogens is 166 g/mol. The van der Waals surface area contributed by atoms with Crippen molar-refractivity contribution >= 4 is 6.09 Å². The van der Waals surface area contributed by atoms with Crippen LogP contribution < -0.4 is 0 Å². The summed E-state index contributed by atoms with van der Waals surface area (Å²) >= 11 is 0. The number of carbonyl (C=O) groups excluding carboxylic acids is 1. The van der Waals surface area contributed by atoms with Crippen LogP contribution in [0.1, 0.15) is 26.7 Å². The van der Waals surface area contributed by atoms with E-state index in [1.165, 1.54) is 0 Å². The third-order valence-electron chi connectivity index (χ3n) is 1.68. The molecule has 0 aromatic carbocycles. The molecule has 0 spiro atoms. The minimum atomic E-state index is -0.246. The van der Waals surface area contributed by atoms with Crippen molar-refractivity contribution < 1.29 is 9.53 Å². The summed E-state index contributed by atoms with van der Waals surface area (Å²) in [5.74, 6) is 0. The highest BCUT2D eigenvalue weighted by Gasteiger charge is 2.07. The lowest BCUT2D eigenvalue weighted by molar-refractivity contribution is 0.116. The molecule has 0 atom stereocenters. The summed E-state index contributed by atoms with van der Waals surface area (Å²) in [5, 5.41) is 0. The number of amides is 1. The van der Waals surface area contributed by atoms with Gasteiger partial charge in [0.05, 0.1) is 6.61 Å². The molecule has 0 radical (unpaired) electrons. The van der Waals surface area contributed by atoms with Gasteiger partial charge in [0, 0.05) is 13.6 Å². The first-order valence-corrected chi connectivity index (χ1v) is 4.60. The average molecular weight is 185 g/mol. The quantitative estimate of drug-likeness (QED) is 0.616. The second kappa shape index (κ2) is 6.52. The second-order valence-corrected chi connectivity index (χ2v) is 3.18. The molecule has 0 saturated heterocycles. The van der Waals surface area contributed by atoms with Crippen molar-refractivity contribution in [3.05, 3.63) is 12.2 Å². The molecule has 0 saturated carbocycles. The van der Waals surface area contributed by atoms with Crippen LogP contribution in [0, 0.1) is 0 Å². The number of carbonyl (C=O) groups is 1. The van der Waals surface area contributed by atoms with Gasteiger partial charge in [0.2, 0.25) is 0 Å². The van der Waals surface area contributed by atoms with Gasteiger partial charge < -0.3 is 9.64 Å². The minimum absolute atomic E-state index is 0.246. The molecule has 3 nitrogen and oxygen atoms in total. The van der Waals surface area contributed by atoms with E-state index in [2.05, 4.69) is 6.58 Å². The van der Waals surface area contributed by atoms with Gasteiger partial charge in [0.1, 0.15) is 0 Å². The molecule has 0 fully saturated rings. The minimum Gasteiger partial charge on any atom is -0.450 e. The maximum absolute atomic E-state index is 11.1. The van der Waals surface area contributed by atoms with Crippen LogP contribution in [0.25, 0.3) is 0 Å². The summed E-state index contributed by atoms with van der Waals surface area (Å²) in [5.41, 5.74) is 1.15. The highest BCUT2D eigenvalue weighted by atomic mass is 16.5. The zero-order chi connectivity index (χ0) is 10.3. The third-order valence-corrected chi connectivity index (χ3v) is 1.68. The number of nitrogens with zero attached hydrogens (tertiary/aromatic N) is 1. The highest BCUT2D eigenvalue weighted by Crippen LogP contribution is 2.02. The zero-order valence-corrected chi connectivity index (χ0v) is 8.80. The summed E-state index contributed by atoms with van der Waals surface area (Å²) in [6.45, 7) is 8.76. The molecule has 76 valence electrons. The van der Waals surface area contributed by atoms with Crippen molar-refractivity contribution in [3.8, 4) is 0 Å². The number of allylic oxidation sites excluding steroid dienone is 1. The summed E-state index contributed by atoms with van der Waals surface area (Å²) in [6, 6.07) is 0. The first-order chi connectivity index (χ1) is 6.07. The van der Waals surface area contributed by atoms with Crippen molar-refractivity contribution in [2.75, 3.05) is 20.2 Å². The van der Waals surface area contributed by atoms with Crippen molar-refractivity contribution in [2.45, 2.75) is 26.7 Å². The predicted octanol–water partition coefficient (Wildman–Crippen LogP) is 2.43. The van der Waals surface area contributed by atoms with Crippen molar-refractivity contribution in [1.82, 2.24) is 4.90 Å². The van der Waals surface area contributed by atoms with Gasteiger partial charge >= 0.3 is 6.09 Å². The summed E-state index contributed by atoms with van der Waals surface area (Å²) in [7, 11) is 1.75. The maximum Gasteiger partial charge on any atom is 0.409 e. The van der Waals surface area contributed by atoms with Gasteiger partial charge in [0.15, 0.2) is 0 Å². The summed E-state index contributed by atoms with van der Waals surface area (Å²) in [4.78, 5) is 12.7. The standard InChI is InChI=1S/C10H19NO2/c1-5-13-10(12)11(4)8-6-7-9(2)3/h2,5-8H2,1,3-4H3. The Hall–Kier alpha value is -0.990. The second-order valence-electron chi connectivity index (χ2n) is 3.18. The van der Waals surface area contributed by atoms with Crippen LogP contribution in [0.5, 0.6) is 0 Å². The van der Waals surface area contributed by atoms with Crippen LogP contribution in [0.2, 0.25) is 0 Å². The van der Waals surface area contributed by atoms with Crippen LogP contribution in [0.3, 0.4) is 0 Å². The lowest BCUT2D eigenvalue weighted by Gasteiger charge is -2.15. The molecule has 0 heterocycles. The fourth-order valence-electron chi connectivity index (χ4n) is 0.943. The predicted molar refractivity (Wildman–Crippen MR) is 53.7 cm³/mol. The summed E-state index contributed by atoms with van der Waals surface area (Å²) in [6.07, 6.45) is 1.67. The number of hydrogen-bond donors (Lipinski definition) is 0. The Morgan fingerprint density at radius 1 is 1.54 bits per heavy atom. The van der Waals surface area contributed by atoms with Gasteiger partial charge in [-0.3, -0.25) is 0 Å². The number of hydrogen-bond acceptors (Lipinski definition) is 2. The third kappa shape index (κ3) is 6.20. The molecule has 13 heavy (non-hydrogen) atoms. The van der Waals surface area contributed by atoms with Gasteiger partial charge in [-0.05, 0) is 26.7 Å².